The molecule has 1 aliphatic rings. The van der Waals surface area contributed by atoms with E-state index in [9.17, 15) is 4.79 Å². The predicted octanol–water partition coefficient (Wildman–Crippen LogP) is 3.39. The molecule has 0 radical (unpaired) electrons. The second-order valence-corrected chi connectivity index (χ2v) is 12.8. The fourth-order valence-corrected chi connectivity index (χ4v) is 4.24. The lowest BCUT2D eigenvalue weighted by Gasteiger charge is -2.46. The van der Waals surface area contributed by atoms with Gasteiger partial charge in [0.1, 0.15) is 0 Å². The third kappa shape index (κ3) is 4.12. The minimum Gasteiger partial charge on any atom is -0.414 e. The Balaban J connectivity index is 2.78. The van der Waals surface area contributed by atoms with Crippen LogP contribution in [-0.2, 0) is 9.22 Å². The molecule has 4 atom stereocenters. The van der Waals surface area contributed by atoms with Crippen molar-refractivity contribution in [3.63, 3.8) is 0 Å². The molecule has 1 fully saturated rings. The van der Waals surface area contributed by atoms with Gasteiger partial charge < -0.3 is 9.74 Å². The van der Waals surface area contributed by atoms with Crippen LogP contribution in [0.5, 0.6) is 0 Å². The van der Waals surface area contributed by atoms with Crippen molar-refractivity contribution in [2.75, 3.05) is 0 Å². The Morgan fingerprint density at radius 3 is 2.15 bits per heavy atom. The van der Waals surface area contributed by atoms with Gasteiger partial charge in [-0.05, 0) is 32.0 Å². The summed E-state index contributed by atoms with van der Waals surface area (Å²) in [7, 11) is -1.64. The number of carbonyl (C=O) groups is 1. The molecular weight excluding hydrogens is 286 g/mol. The van der Waals surface area contributed by atoms with Crippen LogP contribution in [0.25, 0.3) is 0 Å². The summed E-state index contributed by atoms with van der Waals surface area (Å²) in [5.74, 6) is 0.224. The molecule has 1 rings (SSSR count). The minimum absolute atomic E-state index is 0.0114. The monoisotopic (exact) mass is 315 g/mol. The molecule has 1 amide bonds. The van der Waals surface area contributed by atoms with E-state index in [4.69, 9.17) is 16.6 Å². The maximum absolute atomic E-state index is 11.9. The van der Waals surface area contributed by atoms with Crippen molar-refractivity contribution in [2.24, 2.45) is 17.3 Å². The highest BCUT2D eigenvalue weighted by atomic mass is 32.1. The largest absolute Gasteiger partial charge is 0.414 e. The first-order chi connectivity index (χ1) is 8.84. The van der Waals surface area contributed by atoms with Crippen molar-refractivity contribution in [1.82, 2.24) is 5.32 Å². The van der Waals surface area contributed by atoms with Gasteiger partial charge in [0.05, 0.1) is 12.0 Å². The van der Waals surface area contributed by atoms with E-state index in [1.807, 2.05) is 6.92 Å². The lowest BCUT2D eigenvalue weighted by molar-refractivity contribution is -0.140. The molecule has 1 aliphatic heterocycles. The highest BCUT2D eigenvalue weighted by molar-refractivity contribution is 7.80. The highest BCUT2D eigenvalue weighted by Crippen LogP contribution is 2.33. The molecule has 20 heavy (non-hydrogen) atoms. The van der Waals surface area contributed by atoms with Gasteiger partial charge in [-0.15, -0.1) is 0 Å². The molecule has 0 saturated carbocycles. The Kier molecular flexibility index (Phi) is 5.20. The van der Waals surface area contributed by atoms with Crippen molar-refractivity contribution >= 4 is 31.3 Å². The van der Waals surface area contributed by atoms with Gasteiger partial charge in [-0.25, -0.2) is 0 Å². The standard InChI is InChI=1S/C15H29NO2SSi/c1-9(13(19)15(3,4)5)12-11(14(17)16-12)10(2)18-20(6,7)8/h9-12H,1-8H3,(H,16,17)/t9-,10-,11-,12-/m1/s1. The maximum atomic E-state index is 11.9. The summed E-state index contributed by atoms with van der Waals surface area (Å²) in [6.07, 6.45) is -0.0364. The summed E-state index contributed by atoms with van der Waals surface area (Å²) in [4.78, 5) is 12.9. The molecule has 0 bridgehead atoms. The Bertz CT molecular complexity index is 398. The smallest absolute Gasteiger partial charge is 0.228 e. The summed E-state index contributed by atoms with van der Waals surface area (Å²) in [5, 5.41) is 3.02. The lowest BCUT2D eigenvalue weighted by Crippen LogP contribution is -2.66. The summed E-state index contributed by atoms with van der Waals surface area (Å²) < 4.78 is 6.09. The third-order valence-corrected chi connectivity index (χ3v) is 5.80. The van der Waals surface area contributed by atoms with E-state index in [-0.39, 0.29) is 35.3 Å². The zero-order valence-electron chi connectivity index (χ0n) is 14.0. The van der Waals surface area contributed by atoms with Crippen LogP contribution in [0.2, 0.25) is 19.6 Å². The van der Waals surface area contributed by atoms with Crippen LogP contribution in [-0.4, -0.2) is 31.2 Å². The summed E-state index contributed by atoms with van der Waals surface area (Å²) in [6.45, 7) is 17.0. The van der Waals surface area contributed by atoms with Crippen molar-refractivity contribution in [3.05, 3.63) is 0 Å². The Hall–Kier alpha value is -0.263. The van der Waals surface area contributed by atoms with Crippen molar-refractivity contribution < 1.29 is 9.22 Å². The first-order valence-electron chi connectivity index (χ1n) is 7.37. The van der Waals surface area contributed by atoms with Gasteiger partial charge in [0.2, 0.25) is 5.91 Å². The molecule has 5 heteroatoms. The maximum Gasteiger partial charge on any atom is 0.228 e. The molecule has 1 N–H and O–H groups in total. The molecule has 0 unspecified atom stereocenters. The Labute approximate surface area is 130 Å². The van der Waals surface area contributed by atoms with Gasteiger partial charge >= 0.3 is 0 Å². The molecule has 0 aromatic carbocycles. The van der Waals surface area contributed by atoms with Gasteiger partial charge in [-0.1, -0.05) is 39.9 Å². The summed E-state index contributed by atoms with van der Waals surface area (Å²) in [6, 6.07) is 0.112. The van der Waals surface area contributed by atoms with Crippen LogP contribution < -0.4 is 5.32 Å². The summed E-state index contributed by atoms with van der Waals surface area (Å²) >= 11 is 5.59. The lowest BCUT2D eigenvalue weighted by atomic mass is 9.73. The van der Waals surface area contributed by atoms with E-state index < -0.39 is 8.32 Å². The van der Waals surface area contributed by atoms with Gasteiger partial charge in [0.15, 0.2) is 8.32 Å². The van der Waals surface area contributed by atoms with Gasteiger partial charge in [0, 0.05) is 16.8 Å². The second-order valence-electron chi connectivity index (χ2n) is 7.90. The topological polar surface area (TPSA) is 38.3 Å². The van der Waals surface area contributed by atoms with Gasteiger partial charge in [0.25, 0.3) is 0 Å². The van der Waals surface area contributed by atoms with Crippen molar-refractivity contribution in [2.45, 2.75) is 66.4 Å². The SMILES string of the molecule is C[C@@H](O[Si](C)(C)C)[C@H]1C(=O)N[C@@H]1[C@@H](C)C(=S)C(C)(C)C. The number of carbonyl (C=O) groups excluding carboxylic acids is 1. The molecule has 0 spiro atoms. The molecular formula is C15H29NO2SSi. The normalized spacial score (nSPS) is 26.5. The van der Waals surface area contributed by atoms with E-state index in [0.717, 1.165) is 4.86 Å². The van der Waals surface area contributed by atoms with E-state index in [1.54, 1.807) is 0 Å². The Morgan fingerprint density at radius 2 is 1.80 bits per heavy atom. The van der Waals surface area contributed by atoms with Crippen LogP contribution in [0, 0.1) is 17.3 Å². The summed E-state index contributed by atoms with van der Waals surface area (Å²) in [5.41, 5.74) is -0.0114. The molecule has 1 saturated heterocycles. The average Bonchev–Trinajstić information content (AvgIpc) is 2.19. The van der Waals surface area contributed by atoms with Gasteiger partial charge in [-0.2, -0.15) is 0 Å². The van der Waals surface area contributed by atoms with E-state index in [2.05, 4.69) is 52.7 Å². The number of β-lactam (4-membered cyclic amide) rings is 1. The average molecular weight is 316 g/mol. The first-order valence-corrected chi connectivity index (χ1v) is 11.2. The molecule has 116 valence electrons. The molecule has 0 aliphatic carbocycles. The number of hydrogen-bond donors (Lipinski definition) is 1. The molecule has 1 heterocycles. The number of thiocarbonyl (C=S) groups is 1. The Morgan fingerprint density at radius 1 is 1.30 bits per heavy atom. The molecule has 0 aromatic heterocycles. The van der Waals surface area contributed by atoms with Crippen LogP contribution in [0.4, 0.5) is 0 Å². The third-order valence-electron chi connectivity index (χ3n) is 3.74. The fourth-order valence-electron chi connectivity index (χ4n) is 2.84. The minimum atomic E-state index is -1.64. The fraction of sp³-hybridized carbons (Fsp3) is 0.867. The van der Waals surface area contributed by atoms with Crippen molar-refractivity contribution in [3.8, 4) is 0 Å². The zero-order chi connectivity index (χ0) is 15.9. The van der Waals surface area contributed by atoms with Gasteiger partial charge in [-0.3, -0.25) is 4.79 Å². The van der Waals surface area contributed by atoms with E-state index in [0.29, 0.717) is 0 Å². The quantitative estimate of drug-likeness (QED) is 0.480. The highest BCUT2D eigenvalue weighted by Gasteiger charge is 2.48. The number of nitrogens with one attached hydrogen (secondary N) is 1. The zero-order valence-corrected chi connectivity index (χ0v) is 15.9. The predicted molar refractivity (Wildman–Crippen MR) is 90.5 cm³/mol. The van der Waals surface area contributed by atoms with Crippen LogP contribution in [0.3, 0.4) is 0 Å². The van der Waals surface area contributed by atoms with Crippen molar-refractivity contribution in [1.29, 1.82) is 0 Å². The second kappa shape index (κ2) is 5.85. The van der Waals surface area contributed by atoms with Crippen LogP contribution in [0.15, 0.2) is 0 Å². The molecule has 0 aromatic rings. The number of hydrogen-bond acceptors (Lipinski definition) is 3. The number of amides is 1. The number of rotatable bonds is 5. The first kappa shape index (κ1) is 17.8. The van der Waals surface area contributed by atoms with E-state index in [1.165, 1.54) is 0 Å². The molecule has 3 nitrogen and oxygen atoms in total. The van der Waals surface area contributed by atoms with E-state index >= 15 is 0 Å². The van der Waals surface area contributed by atoms with Crippen LogP contribution >= 0.6 is 12.2 Å². The van der Waals surface area contributed by atoms with Crippen LogP contribution in [0.1, 0.15) is 34.6 Å².